The molecule has 1 N–H and O–H groups in total. The minimum absolute atomic E-state index is 0.131. The van der Waals surface area contributed by atoms with Crippen molar-refractivity contribution in [3.8, 4) is 0 Å². The molecule has 156 valence electrons. The quantitative estimate of drug-likeness (QED) is 0.722. The van der Waals surface area contributed by atoms with Gasteiger partial charge in [-0.05, 0) is 31.2 Å². The van der Waals surface area contributed by atoms with Gasteiger partial charge < -0.3 is 10.2 Å². The average Bonchev–Trinajstić information content (AvgIpc) is 2.99. The normalized spacial score (nSPS) is 19.2. The van der Waals surface area contributed by atoms with Gasteiger partial charge in [-0.3, -0.25) is 19.4 Å². The van der Waals surface area contributed by atoms with Crippen LogP contribution in [0.1, 0.15) is 6.92 Å². The van der Waals surface area contributed by atoms with Crippen LogP contribution in [0.5, 0.6) is 0 Å². The number of anilines is 1. The molecule has 4 amide bonds. The van der Waals surface area contributed by atoms with Crippen molar-refractivity contribution in [2.45, 2.75) is 22.8 Å². The van der Waals surface area contributed by atoms with Gasteiger partial charge in [-0.25, -0.2) is 4.79 Å². The molecule has 0 aliphatic carbocycles. The number of piperazine rings is 1. The zero-order valence-corrected chi connectivity index (χ0v) is 17.6. The molecular weight excluding hydrogens is 400 g/mol. The van der Waals surface area contributed by atoms with Gasteiger partial charge in [0, 0.05) is 36.0 Å². The van der Waals surface area contributed by atoms with Crippen LogP contribution in [0.4, 0.5) is 10.5 Å². The number of benzene rings is 2. The van der Waals surface area contributed by atoms with E-state index < -0.39 is 6.04 Å². The molecule has 7 nitrogen and oxygen atoms in total. The fourth-order valence-electron chi connectivity index (χ4n) is 3.81. The first-order valence-electron chi connectivity index (χ1n) is 10.0. The Kier molecular flexibility index (Phi) is 6.06. The van der Waals surface area contributed by atoms with E-state index in [1.807, 2.05) is 59.5 Å². The molecule has 0 saturated carbocycles. The third-order valence-electron chi connectivity index (χ3n) is 5.31. The highest BCUT2D eigenvalue weighted by atomic mass is 32.2. The van der Waals surface area contributed by atoms with Crippen LogP contribution in [0.2, 0.25) is 0 Å². The van der Waals surface area contributed by atoms with E-state index in [-0.39, 0.29) is 24.4 Å². The van der Waals surface area contributed by atoms with E-state index in [2.05, 4.69) is 5.32 Å². The summed E-state index contributed by atoms with van der Waals surface area (Å²) in [5, 5.41) is 3.00. The smallest absolute Gasteiger partial charge is 0.324 e. The van der Waals surface area contributed by atoms with Crippen molar-refractivity contribution in [1.29, 1.82) is 0 Å². The number of nitrogens with one attached hydrogen (secondary N) is 1. The third-order valence-corrected chi connectivity index (χ3v) is 6.39. The molecule has 0 spiro atoms. The van der Waals surface area contributed by atoms with Crippen LogP contribution in [0.15, 0.2) is 64.4 Å². The monoisotopic (exact) mass is 424 g/mol. The van der Waals surface area contributed by atoms with Gasteiger partial charge in [0.05, 0.1) is 12.2 Å². The lowest BCUT2D eigenvalue weighted by Crippen LogP contribution is -2.54. The van der Waals surface area contributed by atoms with Crippen molar-refractivity contribution in [3.05, 3.63) is 54.6 Å². The lowest BCUT2D eigenvalue weighted by molar-refractivity contribution is -0.130. The van der Waals surface area contributed by atoms with Crippen LogP contribution in [0, 0.1) is 0 Å². The maximum atomic E-state index is 12.7. The van der Waals surface area contributed by atoms with Gasteiger partial charge in [-0.1, -0.05) is 42.1 Å². The minimum atomic E-state index is -0.486. The average molecular weight is 425 g/mol. The van der Waals surface area contributed by atoms with Crippen LogP contribution in [-0.2, 0) is 9.59 Å². The van der Waals surface area contributed by atoms with Crippen molar-refractivity contribution in [2.75, 3.05) is 38.0 Å². The Hall–Kier alpha value is -2.84. The number of para-hydroxylation sites is 1. The van der Waals surface area contributed by atoms with Gasteiger partial charge in [0.1, 0.15) is 6.04 Å². The summed E-state index contributed by atoms with van der Waals surface area (Å²) in [5.74, 6) is -0.300. The molecule has 2 aromatic rings. The summed E-state index contributed by atoms with van der Waals surface area (Å²) in [5.41, 5.74) is 0.763. The molecule has 2 aliphatic rings. The van der Waals surface area contributed by atoms with E-state index in [4.69, 9.17) is 0 Å². The summed E-state index contributed by atoms with van der Waals surface area (Å²) in [6.07, 6.45) is 0. The molecule has 2 saturated heterocycles. The lowest BCUT2D eigenvalue weighted by atomic mass is 10.2. The second-order valence-corrected chi connectivity index (χ2v) is 8.38. The maximum absolute atomic E-state index is 12.7. The highest BCUT2D eigenvalue weighted by molar-refractivity contribution is 7.99. The lowest BCUT2D eigenvalue weighted by Gasteiger charge is -2.34. The molecule has 0 aromatic heterocycles. The second-order valence-electron chi connectivity index (χ2n) is 7.27. The standard InChI is InChI=1S/C22H24N4O3S/c1-2-25-21(28)18-14-24(12-13-26(18)22(25)29)15-20(27)23-17-10-6-7-11-19(17)30-16-8-4-3-5-9-16/h3-11,18H,2,12-15H2,1H3,(H,23,27)/t18-/m0/s1. The summed E-state index contributed by atoms with van der Waals surface area (Å²) in [7, 11) is 0. The van der Waals surface area contributed by atoms with Crippen LogP contribution in [-0.4, -0.2) is 71.3 Å². The van der Waals surface area contributed by atoms with E-state index in [9.17, 15) is 14.4 Å². The molecule has 0 bridgehead atoms. The van der Waals surface area contributed by atoms with E-state index in [0.29, 0.717) is 26.2 Å². The van der Waals surface area contributed by atoms with Crippen molar-refractivity contribution in [1.82, 2.24) is 14.7 Å². The van der Waals surface area contributed by atoms with E-state index >= 15 is 0 Å². The largest absolute Gasteiger partial charge is 0.327 e. The van der Waals surface area contributed by atoms with E-state index in [0.717, 1.165) is 15.5 Å². The van der Waals surface area contributed by atoms with Crippen molar-refractivity contribution in [3.63, 3.8) is 0 Å². The number of fused-ring (bicyclic) bond motifs is 1. The van der Waals surface area contributed by atoms with Crippen molar-refractivity contribution < 1.29 is 14.4 Å². The van der Waals surface area contributed by atoms with Gasteiger partial charge in [-0.15, -0.1) is 0 Å². The Morgan fingerprint density at radius 1 is 1.07 bits per heavy atom. The summed E-state index contributed by atoms with van der Waals surface area (Å²) in [6.45, 7) is 3.77. The first kappa shape index (κ1) is 20.4. The molecule has 2 aliphatic heterocycles. The van der Waals surface area contributed by atoms with Gasteiger partial charge in [0.15, 0.2) is 0 Å². The predicted octanol–water partition coefficient (Wildman–Crippen LogP) is 2.74. The summed E-state index contributed by atoms with van der Waals surface area (Å²) in [4.78, 5) is 44.3. The van der Waals surface area contributed by atoms with E-state index in [1.165, 1.54) is 4.90 Å². The number of urea groups is 1. The fraction of sp³-hybridized carbons (Fsp3) is 0.318. The maximum Gasteiger partial charge on any atom is 0.327 e. The highest BCUT2D eigenvalue weighted by Gasteiger charge is 2.46. The van der Waals surface area contributed by atoms with Crippen LogP contribution >= 0.6 is 11.8 Å². The molecule has 0 radical (unpaired) electrons. The van der Waals surface area contributed by atoms with Gasteiger partial charge >= 0.3 is 6.03 Å². The zero-order chi connectivity index (χ0) is 21.1. The number of carbonyl (C=O) groups excluding carboxylic acids is 3. The SMILES string of the molecule is CCN1C(=O)[C@@H]2CN(CC(=O)Nc3ccccc3Sc3ccccc3)CCN2C1=O. The number of rotatable bonds is 6. The Morgan fingerprint density at radius 2 is 1.80 bits per heavy atom. The van der Waals surface area contributed by atoms with Gasteiger partial charge in [-0.2, -0.15) is 0 Å². The number of imide groups is 1. The topological polar surface area (TPSA) is 73.0 Å². The molecule has 30 heavy (non-hydrogen) atoms. The molecule has 8 heteroatoms. The van der Waals surface area contributed by atoms with Crippen molar-refractivity contribution >= 4 is 35.3 Å². The number of amides is 4. The number of nitrogens with zero attached hydrogens (tertiary/aromatic N) is 3. The molecule has 2 aromatic carbocycles. The highest BCUT2D eigenvalue weighted by Crippen LogP contribution is 2.33. The molecular formula is C22H24N4O3S. The minimum Gasteiger partial charge on any atom is -0.324 e. The number of likely N-dealkylation sites (N-methyl/N-ethyl adjacent to an activating group) is 1. The molecule has 0 unspecified atom stereocenters. The molecule has 2 fully saturated rings. The van der Waals surface area contributed by atoms with Gasteiger partial charge in [0.25, 0.3) is 5.91 Å². The Labute approximate surface area is 180 Å². The molecule has 4 rings (SSSR count). The summed E-state index contributed by atoms with van der Waals surface area (Å²) >= 11 is 1.60. The molecule has 1 atom stereocenters. The summed E-state index contributed by atoms with van der Waals surface area (Å²) < 4.78 is 0. The van der Waals surface area contributed by atoms with Crippen LogP contribution < -0.4 is 5.32 Å². The van der Waals surface area contributed by atoms with Crippen molar-refractivity contribution in [2.24, 2.45) is 0 Å². The second kappa shape index (κ2) is 8.89. The van der Waals surface area contributed by atoms with Crippen LogP contribution in [0.3, 0.4) is 0 Å². The first-order chi connectivity index (χ1) is 14.6. The number of hydrogen-bond donors (Lipinski definition) is 1. The Bertz CT molecular complexity index is 952. The van der Waals surface area contributed by atoms with Crippen LogP contribution in [0.25, 0.3) is 0 Å². The Balaban J connectivity index is 1.38. The predicted molar refractivity (Wildman–Crippen MR) is 115 cm³/mol. The zero-order valence-electron chi connectivity index (χ0n) is 16.8. The van der Waals surface area contributed by atoms with Gasteiger partial charge in [0.2, 0.25) is 5.91 Å². The third kappa shape index (κ3) is 4.20. The first-order valence-corrected chi connectivity index (χ1v) is 10.8. The number of hydrogen-bond acceptors (Lipinski definition) is 5. The number of carbonyl (C=O) groups is 3. The summed E-state index contributed by atoms with van der Waals surface area (Å²) in [6, 6.07) is 17.0. The van der Waals surface area contributed by atoms with E-state index in [1.54, 1.807) is 23.6 Å². The molecule has 2 heterocycles. The fourth-order valence-corrected chi connectivity index (χ4v) is 4.73. The Morgan fingerprint density at radius 3 is 2.57 bits per heavy atom.